The van der Waals surface area contributed by atoms with Gasteiger partial charge in [0.05, 0.1) is 6.20 Å². The Bertz CT molecular complexity index is 454. The second kappa shape index (κ2) is 5.85. The van der Waals surface area contributed by atoms with Gasteiger partial charge in [-0.05, 0) is 52.0 Å². The fourth-order valence-corrected chi connectivity index (χ4v) is 2.46. The van der Waals surface area contributed by atoms with Crippen molar-refractivity contribution in [3.05, 3.63) is 18.0 Å². The highest BCUT2D eigenvalue weighted by Gasteiger charge is 2.26. The molecule has 0 aromatic carbocycles. The van der Waals surface area contributed by atoms with E-state index in [2.05, 4.69) is 18.2 Å². The van der Waals surface area contributed by atoms with Crippen LogP contribution in [0.25, 0.3) is 0 Å². The summed E-state index contributed by atoms with van der Waals surface area (Å²) in [5, 5.41) is 4.32. The van der Waals surface area contributed by atoms with Crippen LogP contribution in [0.3, 0.4) is 0 Å². The molecular weight excluding hydrogens is 254 g/mol. The molecule has 1 aliphatic heterocycles. The lowest BCUT2D eigenvalue weighted by Crippen LogP contribution is -2.42. The highest BCUT2D eigenvalue weighted by Crippen LogP contribution is 2.21. The minimum atomic E-state index is -0.416. The fourth-order valence-electron chi connectivity index (χ4n) is 2.46. The van der Waals surface area contributed by atoms with Crippen LogP contribution in [0.4, 0.5) is 4.79 Å². The predicted molar refractivity (Wildman–Crippen MR) is 77.5 cm³/mol. The molecule has 2 heterocycles. The van der Waals surface area contributed by atoms with Gasteiger partial charge in [0.25, 0.3) is 0 Å². The van der Waals surface area contributed by atoms with Crippen LogP contribution in [0.5, 0.6) is 0 Å². The second-order valence-electron chi connectivity index (χ2n) is 6.65. The number of hydrogen-bond acceptors (Lipinski definition) is 3. The topological polar surface area (TPSA) is 47.4 Å². The molecule has 20 heavy (non-hydrogen) atoms. The first-order valence-corrected chi connectivity index (χ1v) is 7.30. The van der Waals surface area contributed by atoms with Gasteiger partial charge in [0.15, 0.2) is 0 Å². The Morgan fingerprint density at radius 3 is 2.55 bits per heavy atom. The van der Waals surface area contributed by atoms with Gasteiger partial charge >= 0.3 is 6.09 Å². The molecule has 1 aromatic heterocycles. The smallest absolute Gasteiger partial charge is 0.410 e. The molecule has 0 bridgehead atoms. The van der Waals surface area contributed by atoms with Crippen LogP contribution in [0.2, 0.25) is 0 Å². The number of rotatable bonds is 2. The summed E-state index contributed by atoms with van der Waals surface area (Å²) in [7, 11) is 0. The molecule has 1 saturated heterocycles. The normalized spacial score (nSPS) is 17.3. The highest BCUT2D eigenvalue weighted by molar-refractivity contribution is 5.68. The summed E-state index contributed by atoms with van der Waals surface area (Å²) < 4.78 is 7.41. The number of hydrogen-bond donors (Lipinski definition) is 0. The van der Waals surface area contributed by atoms with Gasteiger partial charge in [-0.2, -0.15) is 5.10 Å². The van der Waals surface area contributed by atoms with Crippen molar-refractivity contribution in [3.8, 4) is 0 Å². The third-order valence-electron chi connectivity index (χ3n) is 3.47. The van der Waals surface area contributed by atoms with Crippen LogP contribution < -0.4 is 0 Å². The Morgan fingerprint density at radius 2 is 2.05 bits per heavy atom. The molecule has 0 aliphatic carbocycles. The van der Waals surface area contributed by atoms with E-state index in [9.17, 15) is 4.79 Å². The van der Waals surface area contributed by atoms with Crippen LogP contribution >= 0.6 is 0 Å². The zero-order chi connectivity index (χ0) is 14.8. The standard InChI is InChI=1S/C15H25N3O2/c1-12-9-16-18(10-12)11-13-5-7-17(8-6-13)14(19)20-15(2,3)4/h9-10,13H,5-8,11H2,1-4H3. The summed E-state index contributed by atoms with van der Waals surface area (Å²) in [5.41, 5.74) is 0.775. The summed E-state index contributed by atoms with van der Waals surface area (Å²) in [5.74, 6) is 0.591. The number of amides is 1. The Labute approximate surface area is 120 Å². The van der Waals surface area contributed by atoms with Crippen molar-refractivity contribution in [2.45, 2.75) is 52.7 Å². The Balaban J connectivity index is 1.79. The van der Waals surface area contributed by atoms with Crippen molar-refractivity contribution in [3.63, 3.8) is 0 Å². The van der Waals surface area contributed by atoms with E-state index >= 15 is 0 Å². The maximum atomic E-state index is 12.0. The average molecular weight is 279 g/mol. The van der Waals surface area contributed by atoms with Gasteiger partial charge < -0.3 is 9.64 Å². The van der Waals surface area contributed by atoms with Crippen LogP contribution in [-0.4, -0.2) is 39.5 Å². The predicted octanol–water partition coefficient (Wildman–Crippen LogP) is 2.84. The van der Waals surface area contributed by atoms with E-state index in [0.29, 0.717) is 5.92 Å². The van der Waals surface area contributed by atoms with Gasteiger partial charge in [-0.3, -0.25) is 4.68 Å². The highest BCUT2D eigenvalue weighted by atomic mass is 16.6. The summed E-state index contributed by atoms with van der Waals surface area (Å²) in [6.45, 7) is 10.2. The summed E-state index contributed by atoms with van der Waals surface area (Å²) in [6.07, 6.45) is 5.79. The van der Waals surface area contributed by atoms with E-state index in [4.69, 9.17) is 4.74 Å². The molecule has 0 unspecified atom stereocenters. The van der Waals surface area contributed by atoms with Gasteiger partial charge in [-0.15, -0.1) is 0 Å². The van der Waals surface area contributed by atoms with Crippen LogP contribution in [-0.2, 0) is 11.3 Å². The Kier molecular flexibility index (Phi) is 4.35. The quantitative estimate of drug-likeness (QED) is 0.836. The van der Waals surface area contributed by atoms with Crippen molar-refractivity contribution < 1.29 is 9.53 Å². The van der Waals surface area contributed by atoms with Gasteiger partial charge in [0.1, 0.15) is 5.60 Å². The second-order valence-corrected chi connectivity index (χ2v) is 6.65. The number of carbonyl (C=O) groups is 1. The molecule has 1 amide bonds. The fraction of sp³-hybridized carbons (Fsp3) is 0.733. The van der Waals surface area contributed by atoms with Crippen molar-refractivity contribution in [2.75, 3.05) is 13.1 Å². The van der Waals surface area contributed by atoms with Crippen LogP contribution in [0.15, 0.2) is 12.4 Å². The van der Waals surface area contributed by atoms with Crippen molar-refractivity contribution in [1.82, 2.24) is 14.7 Å². The Hall–Kier alpha value is -1.52. The molecule has 0 N–H and O–H groups in total. The van der Waals surface area contributed by atoms with Crippen LogP contribution in [0.1, 0.15) is 39.2 Å². The lowest BCUT2D eigenvalue weighted by molar-refractivity contribution is 0.0177. The maximum Gasteiger partial charge on any atom is 0.410 e. The van der Waals surface area contributed by atoms with E-state index in [1.54, 1.807) is 0 Å². The SMILES string of the molecule is Cc1cnn(CC2CCN(C(=O)OC(C)(C)C)CC2)c1. The number of aryl methyl sites for hydroxylation is 1. The third-order valence-corrected chi connectivity index (χ3v) is 3.47. The van der Waals surface area contributed by atoms with Gasteiger partial charge in [-0.25, -0.2) is 4.79 Å². The molecule has 5 heteroatoms. The van der Waals surface area contributed by atoms with E-state index < -0.39 is 5.60 Å². The zero-order valence-corrected chi connectivity index (χ0v) is 12.9. The molecule has 112 valence electrons. The number of piperidine rings is 1. The van der Waals surface area contributed by atoms with Gasteiger partial charge in [-0.1, -0.05) is 0 Å². The van der Waals surface area contributed by atoms with E-state index in [1.807, 2.05) is 36.5 Å². The minimum Gasteiger partial charge on any atom is -0.444 e. The minimum absolute atomic E-state index is 0.189. The average Bonchev–Trinajstić information content (AvgIpc) is 2.73. The molecule has 2 rings (SSSR count). The van der Waals surface area contributed by atoms with Crippen molar-refractivity contribution in [2.24, 2.45) is 5.92 Å². The largest absolute Gasteiger partial charge is 0.444 e. The number of nitrogens with zero attached hydrogens (tertiary/aromatic N) is 3. The molecule has 1 aromatic rings. The first-order valence-electron chi connectivity index (χ1n) is 7.30. The maximum absolute atomic E-state index is 12.0. The number of aromatic nitrogens is 2. The number of ether oxygens (including phenoxy) is 1. The van der Waals surface area contributed by atoms with Gasteiger partial charge in [0, 0.05) is 25.8 Å². The van der Waals surface area contributed by atoms with Crippen molar-refractivity contribution >= 4 is 6.09 Å². The van der Waals surface area contributed by atoms with E-state index in [1.165, 1.54) is 5.56 Å². The van der Waals surface area contributed by atoms with E-state index in [0.717, 1.165) is 32.5 Å². The molecule has 1 fully saturated rings. The monoisotopic (exact) mass is 279 g/mol. The number of carbonyl (C=O) groups excluding carboxylic acids is 1. The summed E-state index contributed by atoms with van der Waals surface area (Å²) in [6, 6.07) is 0. The van der Waals surface area contributed by atoms with Gasteiger partial charge in [0.2, 0.25) is 0 Å². The molecular formula is C15H25N3O2. The first kappa shape index (κ1) is 14.9. The molecule has 0 radical (unpaired) electrons. The molecule has 0 saturated carbocycles. The lowest BCUT2D eigenvalue weighted by Gasteiger charge is -2.33. The molecule has 0 atom stereocenters. The van der Waals surface area contributed by atoms with Crippen molar-refractivity contribution in [1.29, 1.82) is 0 Å². The molecule has 5 nitrogen and oxygen atoms in total. The molecule has 0 spiro atoms. The third kappa shape index (κ3) is 4.25. The van der Waals surface area contributed by atoms with Crippen LogP contribution in [0, 0.1) is 12.8 Å². The molecule has 1 aliphatic rings. The zero-order valence-electron chi connectivity index (χ0n) is 12.9. The lowest BCUT2D eigenvalue weighted by atomic mass is 9.97. The first-order chi connectivity index (χ1) is 9.33. The Morgan fingerprint density at radius 1 is 1.40 bits per heavy atom. The summed E-state index contributed by atoms with van der Waals surface area (Å²) in [4.78, 5) is 13.8. The van der Waals surface area contributed by atoms with E-state index in [-0.39, 0.29) is 6.09 Å². The number of likely N-dealkylation sites (tertiary alicyclic amines) is 1. The summed E-state index contributed by atoms with van der Waals surface area (Å²) >= 11 is 0.